The molecule has 0 unspecified atom stereocenters. The van der Waals surface area contributed by atoms with Crippen LogP contribution >= 0.6 is 0 Å². The number of aromatic nitrogens is 2. The molecule has 2 N–H and O–H groups in total. The Morgan fingerprint density at radius 3 is 2.48 bits per heavy atom. The second-order valence-electron chi connectivity index (χ2n) is 10.5. The Hall–Kier alpha value is -2.28. The zero-order valence-electron chi connectivity index (χ0n) is 19.0. The molecule has 0 spiro atoms. The highest BCUT2D eigenvalue weighted by molar-refractivity contribution is 5.86. The molecule has 5 rings (SSSR count). The Kier molecular flexibility index (Phi) is 5.12. The molecule has 1 saturated heterocycles. The average Bonchev–Trinajstić information content (AvgIpc) is 3.48. The van der Waals surface area contributed by atoms with Crippen molar-refractivity contribution in [2.45, 2.75) is 64.0 Å². The lowest BCUT2D eigenvalue weighted by molar-refractivity contribution is 0.0240. The number of rotatable bonds is 4. The number of nitrogens with two attached hydrogens (primary N) is 1. The molecule has 7 heteroatoms. The molecule has 0 atom stereocenters. The van der Waals surface area contributed by atoms with Gasteiger partial charge in [-0.15, -0.1) is 0 Å². The standard InChI is InChI=1S/C24H35N5O2/c1-24(2,3)31-23(30)28-10-8-27(9-11-28)18-6-7-20-21(14-18)29(19-12-16(13-19)15-25)26-22(20)17-4-5-17/h6-7,14,16-17,19H,4-5,8-13,15,25H2,1-3H3/t16-,19-. The summed E-state index contributed by atoms with van der Waals surface area (Å²) in [7, 11) is 0. The summed E-state index contributed by atoms with van der Waals surface area (Å²) in [6.45, 7) is 9.49. The Labute approximate surface area is 184 Å². The number of hydrogen-bond acceptors (Lipinski definition) is 5. The topological polar surface area (TPSA) is 76.6 Å². The molecule has 1 aliphatic heterocycles. The minimum absolute atomic E-state index is 0.214. The third-order valence-electron chi connectivity index (χ3n) is 6.87. The van der Waals surface area contributed by atoms with Gasteiger partial charge in [-0.1, -0.05) is 0 Å². The Bertz CT molecular complexity index is 960. The predicted octanol–water partition coefficient (Wildman–Crippen LogP) is 3.88. The molecule has 0 radical (unpaired) electrons. The number of benzene rings is 1. The van der Waals surface area contributed by atoms with Crippen LogP contribution in [0.15, 0.2) is 18.2 Å². The van der Waals surface area contributed by atoms with Gasteiger partial charge in [0, 0.05) is 43.2 Å². The molecule has 7 nitrogen and oxygen atoms in total. The third-order valence-corrected chi connectivity index (χ3v) is 6.87. The highest BCUT2D eigenvalue weighted by atomic mass is 16.6. The molecule has 2 heterocycles. The molecule has 3 fully saturated rings. The summed E-state index contributed by atoms with van der Waals surface area (Å²) in [4.78, 5) is 16.6. The first-order valence-corrected chi connectivity index (χ1v) is 11.8. The number of piperazine rings is 1. The monoisotopic (exact) mass is 425 g/mol. The molecule has 1 amide bonds. The summed E-state index contributed by atoms with van der Waals surface area (Å²) in [5, 5.41) is 6.40. The van der Waals surface area contributed by atoms with Gasteiger partial charge in [0.1, 0.15) is 5.60 Å². The van der Waals surface area contributed by atoms with E-state index in [1.807, 2.05) is 25.7 Å². The van der Waals surface area contributed by atoms with E-state index >= 15 is 0 Å². The number of anilines is 1. The lowest BCUT2D eigenvalue weighted by Crippen LogP contribution is -2.50. The van der Waals surface area contributed by atoms with Gasteiger partial charge in [-0.2, -0.15) is 5.10 Å². The highest BCUT2D eigenvalue weighted by Gasteiger charge is 2.35. The summed E-state index contributed by atoms with van der Waals surface area (Å²) in [5.74, 6) is 1.27. The van der Waals surface area contributed by atoms with Crippen molar-refractivity contribution in [2.75, 3.05) is 37.6 Å². The largest absolute Gasteiger partial charge is 0.444 e. The van der Waals surface area contributed by atoms with E-state index in [2.05, 4.69) is 27.8 Å². The van der Waals surface area contributed by atoms with Crippen molar-refractivity contribution >= 4 is 22.7 Å². The number of ether oxygens (including phenoxy) is 1. The SMILES string of the molecule is CC(C)(C)OC(=O)N1CCN(c2ccc3c(C4CC4)nn([C@H]4C[C@H](CN)C4)c3c2)CC1. The average molecular weight is 426 g/mol. The molecule has 0 bridgehead atoms. The molecule has 3 aliphatic rings. The number of carbonyl (C=O) groups is 1. The Morgan fingerprint density at radius 2 is 1.87 bits per heavy atom. The first-order chi connectivity index (χ1) is 14.8. The second kappa shape index (κ2) is 7.69. The zero-order valence-corrected chi connectivity index (χ0v) is 19.0. The second-order valence-corrected chi connectivity index (χ2v) is 10.5. The fourth-order valence-electron chi connectivity index (χ4n) is 4.85. The van der Waals surface area contributed by atoms with Crippen LogP contribution < -0.4 is 10.6 Å². The fraction of sp³-hybridized carbons (Fsp3) is 0.667. The van der Waals surface area contributed by atoms with Crippen molar-refractivity contribution in [3.05, 3.63) is 23.9 Å². The first-order valence-electron chi connectivity index (χ1n) is 11.8. The Morgan fingerprint density at radius 1 is 1.16 bits per heavy atom. The van der Waals surface area contributed by atoms with Crippen LogP contribution in [0.5, 0.6) is 0 Å². The van der Waals surface area contributed by atoms with Crippen LogP contribution in [0.25, 0.3) is 10.9 Å². The van der Waals surface area contributed by atoms with E-state index in [1.54, 1.807) is 0 Å². The zero-order chi connectivity index (χ0) is 21.8. The van der Waals surface area contributed by atoms with Gasteiger partial charge in [0.15, 0.2) is 0 Å². The van der Waals surface area contributed by atoms with Gasteiger partial charge in [-0.25, -0.2) is 4.79 Å². The van der Waals surface area contributed by atoms with Gasteiger partial charge >= 0.3 is 6.09 Å². The lowest BCUT2D eigenvalue weighted by Gasteiger charge is -2.37. The molecule has 31 heavy (non-hydrogen) atoms. The van der Waals surface area contributed by atoms with Crippen LogP contribution in [0, 0.1) is 5.92 Å². The summed E-state index contributed by atoms with van der Waals surface area (Å²) in [6.07, 6.45) is 4.58. The van der Waals surface area contributed by atoms with Gasteiger partial charge in [-0.3, -0.25) is 4.68 Å². The van der Waals surface area contributed by atoms with Gasteiger partial charge < -0.3 is 20.3 Å². The van der Waals surface area contributed by atoms with Crippen LogP contribution in [0.1, 0.15) is 64.1 Å². The number of fused-ring (bicyclic) bond motifs is 1. The van der Waals surface area contributed by atoms with Crippen molar-refractivity contribution in [3.63, 3.8) is 0 Å². The quantitative estimate of drug-likeness (QED) is 0.804. The van der Waals surface area contributed by atoms with Gasteiger partial charge in [0.25, 0.3) is 0 Å². The molecule has 1 aromatic heterocycles. The van der Waals surface area contributed by atoms with E-state index in [1.165, 1.54) is 35.1 Å². The van der Waals surface area contributed by atoms with Crippen molar-refractivity contribution in [1.29, 1.82) is 0 Å². The van der Waals surface area contributed by atoms with Crippen molar-refractivity contribution in [2.24, 2.45) is 11.7 Å². The van der Waals surface area contributed by atoms with E-state index in [-0.39, 0.29) is 6.09 Å². The third kappa shape index (κ3) is 4.12. The number of carbonyl (C=O) groups excluding carboxylic acids is 1. The molecule has 2 saturated carbocycles. The summed E-state index contributed by atoms with van der Waals surface area (Å²) < 4.78 is 7.82. The normalized spacial score (nSPS) is 24.4. The molecule has 2 aliphatic carbocycles. The van der Waals surface area contributed by atoms with Crippen molar-refractivity contribution in [1.82, 2.24) is 14.7 Å². The number of hydrogen-bond donors (Lipinski definition) is 1. The summed E-state index contributed by atoms with van der Waals surface area (Å²) in [5.41, 5.74) is 9.17. The van der Waals surface area contributed by atoms with Crippen LogP contribution in [0.2, 0.25) is 0 Å². The fourth-order valence-corrected chi connectivity index (χ4v) is 4.85. The molecular weight excluding hydrogens is 390 g/mol. The van der Waals surface area contributed by atoms with Crippen LogP contribution in [0.3, 0.4) is 0 Å². The summed E-state index contributed by atoms with van der Waals surface area (Å²) >= 11 is 0. The molecular formula is C24H35N5O2. The first kappa shape index (κ1) is 20.6. The lowest BCUT2D eigenvalue weighted by atomic mass is 9.80. The van der Waals surface area contributed by atoms with E-state index in [9.17, 15) is 4.79 Å². The van der Waals surface area contributed by atoms with Gasteiger partial charge in [-0.05, 0) is 77.1 Å². The molecule has 168 valence electrons. The molecule has 2 aromatic rings. The van der Waals surface area contributed by atoms with E-state index in [4.69, 9.17) is 15.6 Å². The number of nitrogens with zero attached hydrogens (tertiary/aromatic N) is 4. The van der Waals surface area contributed by atoms with Crippen molar-refractivity contribution in [3.8, 4) is 0 Å². The maximum absolute atomic E-state index is 12.4. The van der Waals surface area contributed by atoms with Gasteiger partial charge in [0.05, 0.1) is 17.3 Å². The maximum Gasteiger partial charge on any atom is 0.410 e. The predicted molar refractivity (Wildman–Crippen MR) is 123 cm³/mol. The smallest absolute Gasteiger partial charge is 0.410 e. The highest BCUT2D eigenvalue weighted by Crippen LogP contribution is 2.45. The van der Waals surface area contributed by atoms with E-state index in [0.717, 1.165) is 32.5 Å². The van der Waals surface area contributed by atoms with Crippen LogP contribution in [0.4, 0.5) is 10.5 Å². The molecule has 1 aromatic carbocycles. The maximum atomic E-state index is 12.4. The van der Waals surface area contributed by atoms with Crippen molar-refractivity contribution < 1.29 is 9.53 Å². The van der Waals surface area contributed by atoms with Crippen LogP contribution in [-0.2, 0) is 4.74 Å². The van der Waals surface area contributed by atoms with E-state index in [0.29, 0.717) is 31.0 Å². The minimum atomic E-state index is -0.457. The number of amides is 1. The summed E-state index contributed by atoms with van der Waals surface area (Å²) in [6, 6.07) is 7.28. The minimum Gasteiger partial charge on any atom is -0.444 e. The Balaban J connectivity index is 1.34. The van der Waals surface area contributed by atoms with Gasteiger partial charge in [0.2, 0.25) is 0 Å². The van der Waals surface area contributed by atoms with Crippen LogP contribution in [-0.4, -0.2) is 59.1 Å². The van der Waals surface area contributed by atoms with E-state index < -0.39 is 5.60 Å².